The molecule has 0 N–H and O–H groups in total. The molecule has 98 valence electrons. The van der Waals surface area contributed by atoms with Crippen molar-refractivity contribution in [1.82, 2.24) is 0 Å². The minimum absolute atomic E-state index is 0.266. The molecule has 0 aromatic rings. The Balaban J connectivity index is 1.90. The molecular weight excluding hydrogens is 232 g/mol. The zero-order valence-corrected chi connectivity index (χ0v) is 11.7. The Kier molecular flexibility index (Phi) is 7.41. The fourth-order valence-electron chi connectivity index (χ4n) is 2.14. The van der Waals surface area contributed by atoms with Crippen LogP contribution in [-0.4, -0.2) is 24.1 Å². The maximum atomic E-state index is 11.1. The summed E-state index contributed by atoms with van der Waals surface area (Å²) in [6.45, 7) is 5.74. The van der Waals surface area contributed by atoms with Crippen LogP contribution in [0.2, 0.25) is 0 Å². The van der Waals surface area contributed by atoms with Crippen LogP contribution >= 0.6 is 11.8 Å². The van der Waals surface area contributed by atoms with Crippen LogP contribution in [0.1, 0.15) is 45.4 Å². The number of thioether (sulfide) groups is 1. The van der Waals surface area contributed by atoms with Crippen LogP contribution in [0.3, 0.4) is 0 Å². The van der Waals surface area contributed by atoms with Crippen molar-refractivity contribution in [2.45, 2.75) is 45.4 Å². The highest BCUT2D eigenvalue weighted by Gasteiger charge is 2.12. The summed E-state index contributed by atoms with van der Waals surface area (Å²) in [5, 5.41) is 0. The molecule has 0 bridgehead atoms. The Morgan fingerprint density at radius 3 is 2.65 bits per heavy atom. The van der Waals surface area contributed by atoms with Crippen molar-refractivity contribution in [2.24, 2.45) is 5.92 Å². The van der Waals surface area contributed by atoms with Crippen LogP contribution in [0.4, 0.5) is 0 Å². The molecule has 1 rings (SSSR count). The van der Waals surface area contributed by atoms with Crippen molar-refractivity contribution in [3.63, 3.8) is 0 Å². The summed E-state index contributed by atoms with van der Waals surface area (Å²) in [6.07, 6.45) is 8.45. The van der Waals surface area contributed by atoms with Gasteiger partial charge in [0.05, 0.1) is 0 Å². The van der Waals surface area contributed by atoms with E-state index < -0.39 is 0 Å². The van der Waals surface area contributed by atoms with Crippen LogP contribution in [0.25, 0.3) is 0 Å². The molecule has 0 aromatic heterocycles. The van der Waals surface area contributed by atoms with E-state index >= 15 is 0 Å². The van der Waals surface area contributed by atoms with Crippen molar-refractivity contribution >= 4 is 17.7 Å². The van der Waals surface area contributed by atoms with Gasteiger partial charge in [-0.25, -0.2) is 4.79 Å². The minimum Gasteiger partial charge on any atom is -0.461 e. The number of ether oxygens (including phenoxy) is 1. The normalized spacial score (nSPS) is 16.8. The monoisotopic (exact) mass is 256 g/mol. The van der Waals surface area contributed by atoms with Gasteiger partial charge in [0.2, 0.25) is 0 Å². The summed E-state index contributed by atoms with van der Waals surface area (Å²) in [4.78, 5) is 11.1. The lowest BCUT2D eigenvalue weighted by Gasteiger charge is -2.20. The van der Waals surface area contributed by atoms with Gasteiger partial charge in [0, 0.05) is 11.3 Å². The fraction of sp³-hybridized carbons (Fsp3) is 0.786. The number of hydrogen-bond donors (Lipinski definition) is 0. The number of esters is 1. The second-order valence-electron chi connectivity index (χ2n) is 4.82. The molecule has 1 aliphatic rings. The highest BCUT2D eigenvalue weighted by Crippen LogP contribution is 2.27. The van der Waals surface area contributed by atoms with Gasteiger partial charge in [-0.05, 0) is 25.0 Å². The Morgan fingerprint density at radius 1 is 1.29 bits per heavy atom. The quantitative estimate of drug-likeness (QED) is 0.393. The standard InChI is InChI=1S/C14H24O2S/c1-12(2)14(15)16-9-11-17-10-8-13-6-4-3-5-7-13/h13H,1,3-11H2,2H3. The average molecular weight is 256 g/mol. The number of hydrogen-bond acceptors (Lipinski definition) is 3. The molecule has 0 unspecified atom stereocenters. The topological polar surface area (TPSA) is 26.3 Å². The molecular formula is C14H24O2S. The Morgan fingerprint density at radius 2 is 2.00 bits per heavy atom. The lowest BCUT2D eigenvalue weighted by molar-refractivity contribution is -0.138. The average Bonchev–Trinajstić information content (AvgIpc) is 2.34. The van der Waals surface area contributed by atoms with Crippen LogP contribution in [0, 0.1) is 5.92 Å². The van der Waals surface area contributed by atoms with Gasteiger partial charge in [-0.2, -0.15) is 11.8 Å². The van der Waals surface area contributed by atoms with Crippen LogP contribution in [-0.2, 0) is 9.53 Å². The molecule has 0 aliphatic heterocycles. The molecule has 0 radical (unpaired) electrons. The molecule has 0 saturated heterocycles. The second kappa shape index (κ2) is 8.62. The van der Waals surface area contributed by atoms with Gasteiger partial charge < -0.3 is 4.74 Å². The molecule has 1 fully saturated rings. The van der Waals surface area contributed by atoms with E-state index in [2.05, 4.69) is 6.58 Å². The summed E-state index contributed by atoms with van der Waals surface area (Å²) in [5.41, 5.74) is 0.484. The van der Waals surface area contributed by atoms with Crippen molar-refractivity contribution in [1.29, 1.82) is 0 Å². The number of rotatable bonds is 7. The first-order valence-corrected chi connectivity index (χ1v) is 7.76. The molecule has 0 amide bonds. The van der Waals surface area contributed by atoms with E-state index in [1.165, 1.54) is 44.3 Å². The first kappa shape index (κ1) is 14.6. The number of carbonyl (C=O) groups is 1. The van der Waals surface area contributed by atoms with Crippen molar-refractivity contribution in [2.75, 3.05) is 18.1 Å². The summed E-state index contributed by atoms with van der Waals surface area (Å²) in [7, 11) is 0. The molecule has 0 aromatic carbocycles. The number of carbonyl (C=O) groups excluding carboxylic acids is 1. The van der Waals surface area contributed by atoms with E-state index in [9.17, 15) is 4.79 Å². The Bertz CT molecular complexity index is 245. The largest absolute Gasteiger partial charge is 0.461 e. The third kappa shape index (κ3) is 6.77. The first-order valence-electron chi connectivity index (χ1n) is 6.60. The maximum Gasteiger partial charge on any atom is 0.333 e. The molecule has 17 heavy (non-hydrogen) atoms. The molecule has 2 nitrogen and oxygen atoms in total. The first-order chi connectivity index (χ1) is 8.20. The third-order valence-electron chi connectivity index (χ3n) is 3.20. The smallest absolute Gasteiger partial charge is 0.333 e. The van der Waals surface area contributed by atoms with Crippen LogP contribution in [0.15, 0.2) is 12.2 Å². The van der Waals surface area contributed by atoms with Crippen molar-refractivity contribution < 1.29 is 9.53 Å². The molecule has 1 aliphatic carbocycles. The molecule has 0 atom stereocenters. The summed E-state index contributed by atoms with van der Waals surface area (Å²) in [5.74, 6) is 2.80. The van der Waals surface area contributed by atoms with Gasteiger partial charge in [0.15, 0.2) is 0 Å². The van der Waals surface area contributed by atoms with Gasteiger partial charge in [-0.3, -0.25) is 0 Å². The highest BCUT2D eigenvalue weighted by molar-refractivity contribution is 7.99. The van der Waals surface area contributed by atoms with E-state index in [1.807, 2.05) is 11.8 Å². The molecule has 3 heteroatoms. The van der Waals surface area contributed by atoms with E-state index in [0.29, 0.717) is 12.2 Å². The SMILES string of the molecule is C=C(C)C(=O)OCCSCCC1CCCCC1. The van der Waals surface area contributed by atoms with Crippen LogP contribution in [0.5, 0.6) is 0 Å². The fourth-order valence-corrected chi connectivity index (χ4v) is 3.05. The highest BCUT2D eigenvalue weighted by atomic mass is 32.2. The van der Waals surface area contributed by atoms with E-state index in [0.717, 1.165) is 11.7 Å². The van der Waals surface area contributed by atoms with E-state index in [4.69, 9.17) is 4.74 Å². The summed E-state index contributed by atoms with van der Waals surface area (Å²) >= 11 is 1.89. The van der Waals surface area contributed by atoms with Gasteiger partial charge in [-0.15, -0.1) is 0 Å². The maximum absolute atomic E-state index is 11.1. The van der Waals surface area contributed by atoms with Gasteiger partial charge in [-0.1, -0.05) is 38.7 Å². The molecule has 0 heterocycles. The summed E-state index contributed by atoms with van der Waals surface area (Å²) < 4.78 is 5.04. The lowest BCUT2D eigenvalue weighted by atomic mass is 9.88. The van der Waals surface area contributed by atoms with E-state index in [-0.39, 0.29) is 5.97 Å². The van der Waals surface area contributed by atoms with Crippen molar-refractivity contribution in [3.8, 4) is 0 Å². The lowest BCUT2D eigenvalue weighted by Crippen LogP contribution is -2.09. The van der Waals surface area contributed by atoms with Crippen LogP contribution < -0.4 is 0 Å². The van der Waals surface area contributed by atoms with Gasteiger partial charge in [0.1, 0.15) is 6.61 Å². The predicted molar refractivity (Wildman–Crippen MR) is 74.3 cm³/mol. The second-order valence-corrected chi connectivity index (χ2v) is 6.05. The van der Waals surface area contributed by atoms with Gasteiger partial charge in [0.25, 0.3) is 0 Å². The molecule has 0 spiro atoms. The summed E-state index contributed by atoms with van der Waals surface area (Å²) in [6, 6.07) is 0. The zero-order valence-electron chi connectivity index (χ0n) is 10.9. The van der Waals surface area contributed by atoms with E-state index in [1.54, 1.807) is 6.92 Å². The van der Waals surface area contributed by atoms with Gasteiger partial charge >= 0.3 is 5.97 Å². The Hall–Kier alpha value is -0.440. The third-order valence-corrected chi connectivity index (χ3v) is 4.18. The van der Waals surface area contributed by atoms with Crippen molar-refractivity contribution in [3.05, 3.63) is 12.2 Å². The Labute approximate surface area is 109 Å². The molecule has 1 saturated carbocycles. The minimum atomic E-state index is -0.266. The predicted octanol–water partition coefficient (Wildman–Crippen LogP) is 3.81. The zero-order chi connectivity index (χ0) is 12.5.